The van der Waals surface area contributed by atoms with Crippen molar-refractivity contribution in [1.82, 2.24) is 20.0 Å². The largest absolute Gasteiger partial charge is 0.348 e. The van der Waals surface area contributed by atoms with Gasteiger partial charge >= 0.3 is 0 Å². The Morgan fingerprint density at radius 1 is 1.47 bits per heavy atom. The lowest BCUT2D eigenvalue weighted by Gasteiger charge is -2.24. The molecule has 0 radical (unpaired) electrons. The van der Waals surface area contributed by atoms with Crippen molar-refractivity contribution in [1.29, 1.82) is 0 Å². The van der Waals surface area contributed by atoms with Crippen molar-refractivity contribution >= 4 is 11.4 Å². The summed E-state index contributed by atoms with van der Waals surface area (Å²) in [5, 5.41) is 6.61. The van der Waals surface area contributed by atoms with Crippen molar-refractivity contribution in [2.75, 3.05) is 6.54 Å². The maximum atomic E-state index is 12.3. The van der Waals surface area contributed by atoms with Gasteiger partial charge < -0.3 is 15.0 Å². The second-order valence-corrected chi connectivity index (χ2v) is 5.57. The molecule has 3 atom stereocenters. The Kier molecular flexibility index (Phi) is 2.35. The lowest BCUT2D eigenvalue weighted by atomic mass is 10.1. The molecule has 0 aromatic carbocycles. The molecule has 1 aliphatic carbocycles. The number of rotatable bonds is 2. The first-order chi connectivity index (χ1) is 9.29. The lowest BCUT2D eigenvalue weighted by Crippen LogP contribution is -2.47. The van der Waals surface area contributed by atoms with Gasteiger partial charge in [0.25, 0.3) is 5.91 Å². The molecule has 2 aromatic rings. The van der Waals surface area contributed by atoms with Crippen molar-refractivity contribution in [3.8, 4) is 0 Å². The van der Waals surface area contributed by atoms with Gasteiger partial charge in [0.1, 0.15) is 0 Å². The van der Waals surface area contributed by atoms with E-state index in [9.17, 15) is 4.79 Å². The number of aromatic nitrogens is 2. The molecule has 1 saturated carbocycles. The summed E-state index contributed by atoms with van der Waals surface area (Å²) in [4.78, 5) is 16.3. The first kappa shape index (κ1) is 11.0. The second kappa shape index (κ2) is 4.06. The standard InChI is InChI=1S/C14H16N4O/c19-14(17-13-4-9-3-12(13)16-6-9)10-1-2-18-8-15-7-11(18)5-10/h1-2,5,7-9,12-13,16H,3-4,6H2,(H,17,19)/t9-,12-,13+/m1/s1. The number of fused-ring (bicyclic) bond motifs is 3. The van der Waals surface area contributed by atoms with Crippen molar-refractivity contribution in [3.05, 3.63) is 36.4 Å². The minimum atomic E-state index is 0.0167. The van der Waals surface area contributed by atoms with Crippen LogP contribution in [0.3, 0.4) is 0 Å². The van der Waals surface area contributed by atoms with E-state index in [0.717, 1.165) is 24.4 Å². The van der Waals surface area contributed by atoms with E-state index in [1.165, 1.54) is 6.42 Å². The van der Waals surface area contributed by atoms with Crippen LogP contribution in [0.1, 0.15) is 23.2 Å². The van der Waals surface area contributed by atoms with Gasteiger partial charge in [0.2, 0.25) is 0 Å². The number of nitrogens with zero attached hydrogens (tertiary/aromatic N) is 2. The van der Waals surface area contributed by atoms with Gasteiger partial charge in [-0.25, -0.2) is 4.98 Å². The molecule has 98 valence electrons. The molecule has 2 bridgehead atoms. The molecule has 4 rings (SSSR count). The zero-order chi connectivity index (χ0) is 12.8. The highest BCUT2D eigenvalue weighted by Crippen LogP contribution is 2.31. The quantitative estimate of drug-likeness (QED) is 0.836. The molecule has 1 amide bonds. The van der Waals surface area contributed by atoms with E-state index in [1.54, 1.807) is 12.5 Å². The fourth-order valence-electron chi connectivity index (χ4n) is 3.33. The van der Waals surface area contributed by atoms with Crippen molar-refractivity contribution < 1.29 is 4.79 Å². The van der Waals surface area contributed by atoms with Crippen LogP contribution in [0.25, 0.3) is 5.52 Å². The number of nitrogens with one attached hydrogen (secondary N) is 2. The topological polar surface area (TPSA) is 58.4 Å². The summed E-state index contributed by atoms with van der Waals surface area (Å²) in [5.74, 6) is 0.760. The van der Waals surface area contributed by atoms with E-state index in [0.29, 0.717) is 11.6 Å². The Balaban J connectivity index is 1.53. The molecule has 1 aliphatic heterocycles. The van der Waals surface area contributed by atoms with E-state index in [1.807, 2.05) is 22.7 Å². The summed E-state index contributed by atoms with van der Waals surface area (Å²) in [7, 11) is 0. The Morgan fingerprint density at radius 3 is 3.21 bits per heavy atom. The predicted octanol–water partition coefficient (Wildman–Crippen LogP) is 0.814. The van der Waals surface area contributed by atoms with Gasteiger partial charge in [0, 0.05) is 23.8 Å². The second-order valence-electron chi connectivity index (χ2n) is 5.57. The van der Waals surface area contributed by atoms with Gasteiger partial charge in [-0.15, -0.1) is 0 Å². The number of pyridine rings is 1. The average molecular weight is 256 g/mol. The first-order valence-electron chi connectivity index (χ1n) is 6.75. The highest BCUT2D eigenvalue weighted by atomic mass is 16.1. The Labute approximate surface area is 111 Å². The summed E-state index contributed by atoms with van der Waals surface area (Å²) in [6.45, 7) is 1.11. The minimum absolute atomic E-state index is 0.0167. The van der Waals surface area contributed by atoms with Crippen LogP contribution >= 0.6 is 0 Å². The fraction of sp³-hybridized carbons (Fsp3) is 0.429. The van der Waals surface area contributed by atoms with Crippen LogP contribution < -0.4 is 10.6 Å². The molecular formula is C14H16N4O. The smallest absolute Gasteiger partial charge is 0.251 e. The fourth-order valence-corrected chi connectivity index (χ4v) is 3.33. The van der Waals surface area contributed by atoms with Crippen LogP contribution in [-0.2, 0) is 0 Å². The summed E-state index contributed by atoms with van der Waals surface area (Å²) < 4.78 is 1.90. The number of hydrogen-bond acceptors (Lipinski definition) is 3. The van der Waals surface area contributed by atoms with Crippen molar-refractivity contribution in [2.45, 2.75) is 24.9 Å². The first-order valence-corrected chi connectivity index (χ1v) is 6.75. The SMILES string of the molecule is O=C(N[C@H]1C[C@@H]2CN[C@@H]1C2)c1ccn2cncc2c1. The summed E-state index contributed by atoms with van der Waals surface area (Å²) in [6.07, 6.45) is 7.67. The maximum Gasteiger partial charge on any atom is 0.251 e. The molecule has 3 heterocycles. The number of piperidine rings is 1. The van der Waals surface area contributed by atoms with Gasteiger partial charge in [0.05, 0.1) is 18.0 Å². The van der Waals surface area contributed by atoms with Crippen molar-refractivity contribution in [2.24, 2.45) is 5.92 Å². The van der Waals surface area contributed by atoms with Crippen LogP contribution in [0.15, 0.2) is 30.9 Å². The third-order valence-electron chi connectivity index (χ3n) is 4.32. The molecule has 0 unspecified atom stereocenters. The van der Waals surface area contributed by atoms with Gasteiger partial charge in [-0.1, -0.05) is 0 Å². The van der Waals surface area contributed by atoms with Gasteiger partial charge in [-0.2, -0.15) is 0 Å². The molecule has 2 aromatic heterocycles. The maximum absolute atomic E-state index is 12.3. The zero-order valence-electron chi connectivity index (χ0n) is 10.5. The Morgan fingerprint density at radius 2 is 2.42 bits per heavy atom. The van der Waals surface area contributed by atoms with E-state index in [2.05, 4.69) is 15.6 Å². The summed E-state index contributed by atoms with van der Waals surface area (Å²) in [6, 6.07) is 4.47. The molecule has 0 spiro atoms. The molecule has 5 nitrogen and oxygen atoms in total. The van der Waals surface area contributed by atoms with E-state index in [4.69, 9.17) is 0 Å². The number of imidazole rings is 1. The zero-order valence-corrected chi connectivity index (χ0v) is 10.5. The molecule has 2 fully saturated rings. The number of hydrogen-bond donors (Lipinski definition) is 2. The highest BCUT2D eigenvalue weighted by Gasteiger charge is 2.39. The van der Waals surface area contributed by atoms with Crippen LogP contribution in [0, 0.1) is 5.92 Å². The highest BCUT2D eigenvalue weighted by molar-refractivity contribution is 5.95. The normalized spacial score (nSPS) is 28.9. The van der Waals surface area contributed by atoms with E-state index in [-0.39, 0.29) is 11.9 Å². The Bertz CT molecular complexity index is 635. The van der Waals surface area contributed by atoms with Gasteiger partial charge in [-0.05, 0) is 37.4 Å². The van der Waals surface area contributed by atoms with Gasteiger partial charge in [-0.3, -0.25) is 4.79 Å². The molecule has 5 heteroatoms. The molecule has 1 saturated heterocycles. The third kappa shape index (κ3) is 1.81. The third-order valence-corrected chi connectivity index (χ3v) is 4.32. The molecule has 2 aliphatic rings. The number of amides is 1. The molecule has 2 N–H and O–H groups in total. The summed E-state index contributed by atoms with van der Waals surface area (Å²) in [5.41, 5.74) is 1.65. The van der Waals surface area contributed by atoms with Crippen LogP contribution in [0.2, 0.25) is 0 Å². The minimum Gasteiger partial charge on any atom is -0.348 e. The Hall–Kier alpha value is -1.88. The molecular weight excluding hydrogens is 240 g/mol. The van der Waals surface area contributed by atoms with Crippen molar-refractivity contribution in [3.63, 3.8) is 0 Å². The lowest BCUT2D eigenvalue weighted by molar-refractivity contribution is 0.0928. The van der Waals surface area contributed by atoms with Crippen LogP contribution in [0.4, 0.5) is 0 Å². The van der Waals surface area contributed by atoms with Gasteiger partial charge in [0.15, 0.2) is 0 Å². The monoisotopic (exact) mass is 256 g/mol. The number of carbonyl (C=O) groups is 1. The van der Waals surface area contributed by atoms with Crippen LogP contribution in [-0.4, -0.2) is 33.9 Å². The van der Waals surface area contributed by atoms with E-state index >= 15 is 0 Å². The van der Waals surface area contributed by atoms with Crippen LogP contribution in [0.5, 0.6) is 0 Å². The predicted molar refractivity (Wildman–Crippen MR) is 71.0 cm³/mol. The molecule has 19 heavy (non-hydrogen) atoms. The average Bonchev–Trinajstić information content (AvgIpc) is 3.13. The van der Waals surface area contributed by atoms with E-state index < -0.39 is 0 Å². The number of carbonyl (C=O) groups excluding carboxylic acids is 1. The summed E-state index contributed by atoms with van der Waals surface area (Å²) >= 11 is 0.